The van der Waals surface area contributed by atoms with Crippen molar-refractivity contribution in [3.8, 4) is 17.5 Å². The van der Waals surface area contributed by atoms with Gasteiger partial charge in [0.2, 0.25) is 21.9 Å². The zero-order chi connectivity index (χ0) is 20.9. The number of piperidine rings is 1. The molecule has 3 rings (SSSR count). The third kappa shape index (κ3) is 5.85. The lowest BCUT2D eigenvalue weighted by molar-refractivity contribution is 0.339. The highest BCUT2D eigenvalue weighted by Gasteiger charge is 2.25. The number of hydrogen-bond donors (Lipinski definition) is 2. The van der Waals surface area contributed by atoms with Gasteiger partial charge in [-0.15, -0.1) is 0 Å². The van der Waals surface area contributed by atoms with Crippen LogP contribution >= 0.6 is 0 Å². The van der Waals surface area contributed by atoms with E-state index >= 15 is 0 Å². The van der Waals surface area contributed by atoms with Gasteiger partial charge in [-0.1, -0.05) is 30.3 Å². The summed E-state index contributed by atoms with van der Waals surface area (Å²) in [6.45, 7) is 3.58. The van der Waals surface area contributed by atoms with E-state index in [1.807, 2.05) is 37.3 Å². The molecule has 0 radical (unpaired) electrons. The smallest absolute Gasteiger partial charge is 0.230 e. The highest BCUT2D eigenvalue weighted by atomic mass is 32.2. The number of anilines is 2. The van der Waals surface area contributed by atoms with Crippen LogP contribution in [-0.4, -0.2) is 48.8 Å². The quantitative estimate of drug-likeness (QED) is 0.695. The molecule has 154 valence electrons. The zero-order valence-electron chi connectivity index (χ0n) is 16.3. The second-order valence-electron chi connectivity index (χ2n) is 7.18. The lowest BCUT2D eigenvalue weighted by Crippen LogP contribution is -2.36. The number of primary sulfonamides is 1. The molecule has 10 heteroatoms. The number of nitriles is 1. The third-order valence-corrected chi connectivity index (χ3v) is 5.83. The van der Waals surface area contributed by atoms with Crippen molar-refractivity contribution in [2.75, 3.05) is 35.6 Å². The predicted octanol–water partition coefficient (Wildman–Crippen LogP) is 1.62. The first-order chi connectivity index (χ1) is 13.9. The molecule has 1 saturated heterocycles. The Balaban J connectivity index is 1.82. The van der Waals surface area contributed by atoms with Crippen LogP contribution < -0.4 is 15.4 Å². The molecular weight excluding hydrogens is 390 g/mol. The number of hydrogen-bond acceptors (Lipinski definition) is 8. The van der Waals surface area contributed by atoms with Crippen LogP contribution in [0.1, 0.15) is 19.8 Å². The number of sulfonamides is 1. The average Bonchev–Trinajstić information content (AvgIpc) is 2.73. The van der Waals surface area contributed by atoms with E-state index in [1.165, 1.54) is 0 Å². The number of benzene rings is 1. The van der Waals surface area contributed by atoms with Crippen LogP contribution in [0.5, 0.6) is 0 Å². The molecule has 0 saturated carbocycles. The summed E-state index contributed by atoms with van der Waals surface area (Å²) in [6.07, 6.45) is 1.80. The summed E-state index contributed by atoms with van der Waals surface area (Å²) in [7, 11) is -3.57. The van der Waals surface area contributed by atoms with Gasteiger partial charge in [0.05, 0.1) is 11.8 Å². The molecule has 1 aromatic carbocycles. The van der Waals surface area contributed by atoms with Crippen LogP contribution in [0.25, 0.3) is 11.4 Å². The molecule has 0 aliphatic carbocycles. The van der Waals surface area contributed by atoms with Crippen LogP contribution in [-0.2, 0) is 10.0 Å². The molecule has 9 nitrogen and oxygen atoms in total. The van der Waals surface area contributed by atoms with E-state index in [0.717, 1.165) is 31.5 Å². The number of aromatic nitrogens is 3. The molecule has 0 amide bonds. The molecule has 2 heterocycles. The maximum atomic E-state index is 11.2. The summed E-state index contributed by atoms with van der Waals surface area (Å²) < 4.78 is 22.4. The van der Waals surface area contributed by atoms with Crippen LogP contribution in [0, 0.1) is 23.2 Å². The summed E-state index contributed by atoms with van der Waals surface area (Å²) in [5.41, 5.74) is 0.846. The lowest BCUT2D eigenvalue weighted by atomic mass is 9.86. The van der Waals surface area contributed by atoms with Gasteiger partial charge in [-0.2, -0.15) is 20.2 Å². The Kier molecular flexibility index (Phi) is 6.61. The molecule has 0 spiro atoms. The molecular formula is C19H25N7O2S. The van der Waals surface area contributed by atoms with E-state index in [-0.39, 0.29) is 18.2 Å². The van der Waals surface area contributed by atoms with Gasteiger partial charge in [0.1, 0.15) is 0 Å². The minimum atomic E-state index is -3.57. The maximum Gasteiger partial charge on any atom is 0.230 e. The van der Waals surface area contributed by atoms with Gasteiger partial charge in [-0.05, 0) is 25.7 Å². The first kappa shape index (κ1) is 21.0. The van der Waals surface area contributed by atoms with Gasteiger partial charge < -0.3 is 10.2 Å². The van der Waals surface area contributed by atoms with Gasteiger partial charge in [-0.3, -0.25) is 0 Å². The molecule has 2 aromatic rings. The highest BCUT2D eigenvalue weighted by molar-refractivity contribution is 7.89. The topological polar surface area (TPSA) is 138 Å². The van der Waals surface area contributed by atoms with Crippen molar-refractivity contribution in [2.45, 2.75) is 19.8 Å². The van der Waals surface area contributed by atoms with Crippen LogP contribution in [0.4, 0.5) is 11.9 Å². The maximum absolute atomic E-state index is 11.2. The molecule has 1 unspecified atom stereocenters. The van der Waals surface area contributed by atoms with Crippen molar-refractivity contribution >= 4 is 21.9 Å². The number of nitrogens with zero attached hydrogens (tertiary/aromatic N) is 5. The fourth-order valence-electron chi connectivity index (χ4n) is 3.31. The summed E-state index contributed by atoms with van der Waals surface area (Å²) >= 11 is 0. The second kappa shape index (κ2) is 9.15. The summed E-state index contributed by atoms with van der Waals surface area (Å²) in [5, 5.41) is 17.2. The number of nitrogens with one attached hydrogen (secondary N) is 1. The van der Waals surface area contributed by atoms with E-state index in [9.17, 15) is 8.42 Å². The fourth-order valence-corrected chi connectivity index (χ4v) is 3.70. The number of nitrogens with two attached hydrogens (primary N) is 1. The fraction of sp³-hybridized carbons (Fsp3) is 0.474. The summed E-state index contributed by atoms with van der Waals surface area (Å²) in [4.78, 5) is 15.6. The van der Waals surface area contributed by atoms with E-state index in [0.29, 0.717) is 23.6 Å². The van der Waals surface area contributed by atoms with Crippen molar-refractivity contribution in [3.05, 3.63) is 30.3 Å². The van der Waals surface area contributed by atoms with E-state index < -0.39 is 10.0 Å². The first-order valence-electron chi connectivity index (χ1n) is 9.56. The molecule has 1 aromatic heterocycles. The molecule has 0 bridgehead atoms. The molecule has 1 aliphatic rings. The Morgan fingerprint density at radius 2 is 1.93 bits per heavy atom. The average molecular weight is 416 g/mol. The Bertz CT molecular complexity index is 968. The monoisotopic (exact) mass is 415 g/mol. The summed E-state index contributed by atoms with van der Waals surface area (Å²) in [6, 6.07) is 11.9. The van der Waals surface area contributed by atoms with Crippen LogP contribution in [0.15, 0.2) is 30.3 Å². The largest absolute Gasteiger partial charge is 0.353 e. The molecule has 29 heavy (non-hydrogen) atoms. The Morgan fingerprint density at radius 3 is 2.55 bits per heavy atom. The number of rotatable bonds is 7. The zero-order valence-corrected chi connectivity index (χ0v) is 17.1. The predicted molar refractivity (Wildman–Crippen MR) is 111 cm³/mol. The summed E-state index contributed by atoms with van der Waals surface area (Å²) in [5.74, 6) is 1.56. The van der Waals surface area contributed by atoms with E-state index in [4.69, 9.17) is 10.4 Å². The van der Waals surface area contributed by atoms with E-state index in [1.54, 1.807) is 0 Å². The van der Waals surface area contributed by atoms with Crippen molar-refractivity contribution in [1.82, 2.24) is 15.0 Å². The van der Waals surface area contributed by atoms with Crippen molar-refractivity contribution in [1.29, 1.82) is 5.26 Å². The van der Waals surface area contributed by atoms with Crippen LogP contribution in [0.2, 0.25) is 0 Å². The highest BCUT2D eigenvalue weighted by Crippen LogP contribution is 2.27. The van der Waals surface area contributed by atoms with Gasteiger partial charge in [0.15, 0.2) is 5.82 Å². The standard InChI is InChI=1S/C19H25N7O2S/c1-14(13-20)15-7-10-26(11-8-15)19-24-17(16-5-3-2-4-6-16)23-18(25-19)22-9-12-29(21,27)28/h2-6,14-15H,7-12H2,1H3,(H2,21,27,28)(H,22,23,24,25). The lowest BCUT2D eigenvalue weighted by Gasteiger charge is -2.33. The Morgan fingerprint density at radius 1 is 1.24 bits per heavy atom. The molecule has 1 aliphatic heterocycles. The molecule has 3 N–H and O–H groups in total. The second-order valence-corrected chi connectivity index (χ2v) is 8.92. The Hall–Kier alpha value is -2.77. The van der Waals surface area contributed by atoms with Crippen molar-refractivity contribution < 1.29 is 8.42 Å². The normalized spacial score (nSPS) is 16.2. The van der Waals surface area contributed by atoms with Crippen molar-refractivity contribution in [3.63, 3.8) is 0 Å². The van der Waals surface area contributed by atoms with Crippen molar-refractivity contribution in [2.24, 2.45) is 17.0 Å². The van der Waals surface area contributed by atoms with Gasteiger partial charge in [-0.25, -0.2) is 13.6 Å². The Labute approximate surface area is 171 Å². The van der Waals surface area contributed by atoms with Gasteiger partial charge in [0.25, 0.3) is 0 Å². The minimum absolute atomic E-state index is 0.0332. The third-order valence-electron chi connectivity index (χ3n) is 5.06. The van der Waals surface area contributed by atoms with Gasteiger partial charge in [0, 0.05) is 31.1 Å². The van der Waals surface area contributed by atoms with Crippen LogP contribution in [0.3, 0.4) is 0 Å². The van der Waals surface area contributed by atoms with Gasteiger partial charge >= 0.3 is 0 Å². The minimum Gasteiger partial charge on any atom is -0.353 e. The molecule has 1 atom stereocenters. The van der Waals surface area contributed by atoms with E-state index in [2.05, 4.69) is 31.2 Å². The SMILES string of the molecule is CC(C#N)C1CCN(c2nc(NCCS(N)(=O)=O)nc(-c3ccccc3)n2)CC1. The molecule has 1 fully saturated rings. The first-order valence-corrected chi connectivity index (χ1v) is 11.3.